The zero-order valence-corrected chi connectivity index (χ0v) is 22.0. The number of sulfonamides is 1. The van der Waals surface area contributed by atoms with E-state index in [4.69, 9.17) is 0 Å². The van der Waals surface area contributed by atoms with E-state index >= 15 is 0 Å². The molecule has 1 unspecified atom stereocenters. The predicted molar refractivity (Wildman–Crippen MR) is 144 cm³/mol. The van der Waals surface area contributed by atoms with E-state index in [2.05, 4.69) is 67.3 Å². The Morgan fingerprint density at radius 1 is 0.886 bits per heavy atom. The predicted octanol–water partition coefficient (Wildman–Crippen LogP) is 5.98. The van der Waals surface area contributed by atoms with Crippen molar-refractivity contribution in [3.8, 4) is 0 Å². The Morgan fingerprint density at radius 2 is 1.46 bits per heavy atom. The maximum Gasteiger partial charge on any atom is 0.242 e. The van der Waals surface area contributed by atoms with Crippen LogP contribution in [0.2, 0.25) is 0 Å². The SMILES string of the molecule is Cc1cc(C)cc(C(CCN2CCC(c3ccccc3)CC2)CN(C)S(=O)(=O)c2ccccc2)c1. The van der Waals surface area contributed by atoms with Crippen LogP contribution in [0.4, 0.5) is 0 Å². The van der Waals surface area contributed by atoms with E-state index in [1.165, 1.54) is 39.4 Å². The third-order valence-electron chi connectivity index (χ3n) is 7.30. The molecule has 1 heterocycles. The third kappa shape index (κ3) is 6.60. The van der Waals surface area contributed by atoms with E-state index in [0.29, 0.717) is 17.4 Å². The second-order valence-electron chi connectivity index (χ2n) is 10.0. The van der Waals surface area contributed by atoms with Crippen molar-refractivity contribution in [1.82, 2.24) is 9.21 Å². The Kier molecular flexibility index (Phi) is 8.42. The van der Waals surface area contributed by atoms with Crippen molar-refractivity contribution in [3.63, 3.8) is 0 Å². The summed E-state index contributed by atoms with van der Waals surface area (Å²) in [7, 11) is -1.81. The molecule has 0 aromatic heterocycles. The van der Waals surface area contributed by atoms with Gasteiger partial charge in [0.15, 0.2) is 0 Å². The van der Waals surface area contributed by atoms with Crippen LogP contribution in [0.3, 0.4) is 0 Å². The largest absolute Gasteiger partial charge is 0.303 e. The van der Waals surface area contributed by atoms with E-state index in [-0.39, 0.29) is 5.92 Å². The molecule has 0 radical (unpaired) electrons. The molecule has 35 heavy (non-hydrogen) atoms. The minimum atomic E-state index is -3.52. The van der Waals surface area contributed by atoms with Crippen molar-refractivity contribution < 1.29 is 8.42 Å². The average molecular weight is 491 g/mol. The zero-order chi connectivity index (χ0) is 24.8. The zero-order valence-electron chi connectivity index (χ0n) is 21.2. The van der Waals surface area contributed by atoms with Crippen LogP contribution in [-0.4, -0.2) is 50.8 Å². The Balaban J connectivity index is 1.45. The van der Waals surface area contributed by atoms with Crippen LogP contribution < -0.4 is 0 Å². The van der Waals surface area contributed by atoms with Crippen molar-refractivity contribution in [2.45, 2.75) is 49.8 Å². The summed E-state index contributed by atoms with van der Waals surface area (Å²) < 4.78 is 28.0. The molecule has 0 aliphatic carbocycles. The number of aryl methyl sites for hydroxylation is 2. The number of likely N-dealkylation sites (N-methyl/N-ethyl adjacent to an activating group) is 1. The summed E-state index contributed by atoms with van der Waals surface area (Å²) in [4.78, 5) is 2.91. The topological polar surface area (TPSA) is 40.6 Å². The number of rotatable bonds is 9. The summed E-state index contributed by atoms with van der Waals surface area (Å²) >= 11 is 0. The van der Waals surface area contributed by atoms with Gasteiger partial charge in [-0.15, -0.1) is 0 Å². The fourth-order valence-corrected chi connectivity index (χ4v) is 6.58. The Hall–Kier alpha value is -2.47. The third-order valence-corrected chi connectivity index (χ3v) is 9.13. The van der Waals surface area contributed by atoms with Gasteiger partial charge in [0.25, 0.3) is 0 Å². The number of nitrogens with zero attached hydrogens (tertiary/aromatic N) is 2. The van der Waals surface area contributed by atoms with Gasteiger partial charge in [0, 0.05) is 13.6 Å². The van der Waals surface area contributed by atoms with E-state index in [9.17, 15) is 8.42 Å². The normalized spacial score (nSPS) is 16.5. The second-order valence-corrected chi connectivity index (χ2v) is 12.1. The van der Waals surface area contributed by atoms with E-state index < -0.39 is 10.0 Å². The minimum Gasteiger partial charge on any atom is -0.303 e. The smallest absolute Gasteiger partial charge is 0.242 e. The summed E-state index contributed by atoms with van der Waals surface area (Å²) in [5.74, 6) is 0.786. The van der Waals surface area contributed by atoms with Crippen molar-refractivity contribution in [2.24, 2.45) is 0 Å². The van der Waals surface area contributed by atoms with Gasteiger partial charge in [-0.1, -0.05) is 77.9 Å². The lowest BCUT2D eigenvalue weighted by Crippen LogP contribution is -2.36. The molecule has 0 saturated carbocycles. The first-order valence-corrected chi connectivity index (χ1v) is 14.1. The van der Waals surface area contributed by atoms with Crippen LogP contribution in [0.1, 0.15) is 53.4 Å². The summed E-state index contributed by atoms with van der Waals surface area (Å²) in [6.07, 6.45) is 3.30. The number of benzene rings is 3. The molecule has 3 aromatic carbocycles. The lowest BCUT2D eigenvalue weighted by atomic mass is 9.88. The van der Waals surface area contributed by atoms with Gasteiger partial charge in [-0.05, 0) is 87.8 Å². The number of hydrogen-bond donors (Lipinski definition) is 0. The summed E-state index contributed by atoms with van der Waals surface area (Å²) in [5.41, 5.74) is 5.13. The maximum absolute atomic E-state index is 13.2. The standard InChI is InChI=1S/C30H38N2O2S/c1-24-20-25(2)22-29(21-24)28(23-31(3)35(33,34)30-12-8-5-9-13-30)16-19-32-17-14-27(15-18-32)26-10-6-4-7-11-26/h4-13,20-22,27-28H,14-19,23H2,1-3H3. The highest BCUT2D eigenvalue weighted by Gasteiger charge is 2.26. The highest BCUT2D eigenvalue weighted by atomic mass is 32.2. The number of piperidine rings is 1. The van der Waals surface area contributed by atoms with Gasteiger partial charge in [-0.2, -0.15) is 0 Å². The van der Waals surface area contributed by atoms with Crippen LogP contribution in [0.5, 0.6) is 0 Å². The molecular weight excluding hydrogens is 452 g/mol. The van der Waals surface area contributed by atoms with Crippen molar-refractivity contribution in [2.75, 3.05) is 33.2 Å². The van der Waals surface area contributed by atoms with Crippen molar-refractivity contribution in [1.29, 1.82) is 0 Å². The Labute approximate surface area is 211 Å². The second kappa shape index (κ2) is 11.5. The molecule has 4 nitrogen and oxygen atoms in total. The Bertz CT molecular complexity index is 1170. The summed E-state index contributed by atoms with van der Waals surface area (Å²) in [5, 5.41) is 0. The molecule has 3 aromatic rings. The molecule has 0 spiro atoms. The quantitative estimate of drug-likeness (QED) is 0.371. The van der Waals surface area contributed by atoms with Gasteiger partial charge in [-0.3, -0.25) is 0 Å². The molecule has 0 N–H and O–H groups in total. The molecule has 1 atom stereocenters. The first-order valence-electron chi connectivity index (χ1n) is 12.7. The number of likely N-dealkylation sites (tertiary alicyclic amines) is 1. The van der Waals surface area contributed by atoms with Gasteiger partial charge in [0.2, 0.25) is 10.0 Å². The maximum atomic E-state index is 13.2. The van der Waals surface area contributed by atoms with Crippen LogP contribution in [0.15, 0.2) is 83.8 Å². The molecule has 1 aliphatic rings. The van der Waals surface area contributed by atoms with Crippen molar-refractivity contribution >= 4 is 10.0 Å². The van der Waals surface area contributed by atoms with E-state index in [0.717, 1.165) is 26.1 Å². The molecule has 1 fully saturated rings. The van der Waals surface area contributed by atoms with Crippen LogP contribution >= 0.6 is 0 Å². The van der Waals surface area contributed by atoms with Gasteiger partial charge < -0.3 is 4.90 Å². The fraction of sp³-hybridized carbons (Fsp3) is 0.400. The van der Waals surface area contributed by atoms with Crippen LogP contribution in [0, 0.1) is 13.8 Å². The molecule has 1 saturated heterocycles. The summed E-state index contributed by atoms with van der Waals surface area (Å²) in [6, 6.07) is 26.2. The van der Waals surface area contributed by atoms with Gasteiger partial charge in [-0.25, -0.2) is 12.7 Å². The molecule has 186 valence electrons. The molecule has 4 rings (SSSR count). The summed E-state index contributed by atoms with van der Waals surface area (Å²) in [6.45, 7) is 7.88. The molecule has 1 aliphatic heterocycles. The highest BCUT2D eigenvalue weighted by Crippen LogP contribution is 2.30. The molecule has 0 bridgehead atoms. The average Bonchev–Trinajstić information content (AvgIpc) is 2.87. The monoisotopic (exact) mass is 490 g/mol. The van der Waals surface area contributed by atoms with Crippen LogP contribution in [0.25, 0.3) is 0 Å². The van der Waals surface area contributed by atoms with Crippen LogP contribution in [-0.2, 0) is 10.0 Å². The lowest BCUT2D eigenvalue weighted by Gasteiger charge is -2.33. The molecular formula is C30H38N2O2S. The van der Waals surface area contributed by atoms with Gasteiger partial charge in [0.05, 0.1) is 4.90 Å². The minimum absolute atomic E-state index is 0.143. The van der Waals surface area contributed by atoms with Crippen molar-refractivity contribution in [3.05, 3.63) is 101 Å². The first kappa shape index (κ1) is 25.6. The fourth-order valence-electron chi connectivity index (χ4n) is 5.34. The van der Waals surface area contributed by atoms with Gasteiger partial charge >= 0.3 is 0 Å². The highest BCUT2D eigenvalue weighted by molar-refractivity contribution is 7.89. The Morgan fingerprint density at radius 3 is 2.06 bits per heavy atom. The molecule has 0 amide bonds. The lowest BCUT2D eigenvalue weighted by molar-refractivity contribution is 0.203. The van der Waals surface area contributed by atoms with E-state index in [1.807, 2.05) is 6.07 Å². The first-order chi connectivity index (χ1) is 16.8. The van der Waals surface area contributed by atoms with E-state index in [1.54, 1.807) is 31.3 Å². The number of hydrogen-bond acceptors (Lipinski definition) is 3. The van der Waals surface area contributed by atoms with Gasteiger partial charge in [0.1, 0.15) is 0 Å². The molecule has 5 heteroatoms.